The van der Waals surface area contributed by atoms with Crippen molar-refractivity contribution in [1.82, 2.24) is 0 Å². The van der Waals surface area contributed by atoms with Crippen LogP contribution < -0.4 is 0 Å². The largest absolute Gasteiger partial charge is 0.300 e. The van der Waals surface area contributed by atoms with Gasteiger partial charge < -0.3 is 0 Å². The summed E-state index contributed by atoms with van der Waals surface area (Å²) in [5.41, 5.74) is 1.23. The van der Waals surface area contributed by atoms with E-state index in [0.717, 1.165) is 12.8 Å². The summed E-state index contributed by atoms with van der Waals surface area (Å²) >= 11 is 0. The van der Waals surface area contributed by atoms with Gasteiger partial charge in [0.2, 0.25) is 0 Å². The van der Waals surface area contributed by atoms with E-state index in [0.29, 0.717) is 17.7 Å². The van der Waals surface area contributed by atoms with Crippen molar-refractivity contribution < 1.29 is 17.8 Å². The lowest BCUT2D eigenvalue weighted by molar-refractivity contribution is -0.113. The molecule has 1 aliphatic rings. The summed E-state index contributed by atoms with van der Waals surface area (Å²) in [4.78, 5) is 15.0. The van der Waals surface area contributed by atoms with E-state index in [1.165, 1.54) is 0 Å². The Balaban J connectivity index is 2.60. The lowest BCUT2D eigenvalue weighted by Crippen LogP contribution is -2.10. The Hall–Kier alpha value is -1.79. The monoisotopic (exact) mass is 293 g/mol. The minimum atomic E-state index is -4.59. The summed E-state index contributed by atoms with van der Waals surface area (Å²) in [6, 6.07) is 8.66. The highest BCUT2D eigenvalue weighted by molar-refractivity contribution is 7.91. The highest BCUT2D eigenvalue weighted by Gasteiger charge is 2.35. The first kappa shape index (κ1) is 14.6. The van der Waals surface area contributed by atoms with Crippen molar-refractivity contribution in [2.24, 2.45) is 4.99 Å². The van der Waals surface area contributed by atoms with Gasteiger partial charge in [-0.1, -0.05) is 43.7 Å². The van der Waals surface area contributed by atoms with E-state index < -0.39 is 20.9 Å². The number of carbonyl (C=O) groups is 1. The highest BCUT2D eigenvalue weighted by Crippen LogP contribution is 2.31. The van der Waals surface area contributed by atoms with Crippen LogP contribution >= 0.6 is 0 Å². The Labute approximate surface area is 117 Å². The van der Waals surface area contributed by atoms with Gasteiger partial charge in [-0.3, -0.25) is 9.35 Å². The Morgan fingerprint density at radius 3 is 2.40 bits per heavy atom. The van der Waals surface area contributed by atoms with Crippen LogP contribution in [-0.4, -0.2) is 24.6 Å². The second kappa shape index (κ2) is 5.68. The fourth-order valence-corrected chi connectivity index (χ4v) is 2.89. The zero-order valence-corrected chi connectivity index (χ0v) is 11.9. The van der Waals surface area contributed by atoms with E-state index in [9.17, 15) is 17.8 Å². The molecule has 20 heavy (non-hydrogen) atoms. The van der Waals surface area contributed by atoms with E-state index in [2.05, 4.69) is 4.99 Å². The first-order chi connectivity index (χ1) is 9.45. The summed E-state index contributed by atoms with van der Waals surface area (Å²) in [6.45, 7) is 1.99. The lowest BCUT2D eigenvalue weighted by atomic mass is 9.98. The fraction of sp³-hybridized carbons (Fsp3) is 0.286. The molecule has 1 aromatic rings. The molecule has 0 saturated carbocycles. The number of rotatable bonds is 5. The normalized spacial score (nSPS) is 15.7. The summed E-state index contributed by atoms with van der Waals surface area (Å²) in [6.07, 6.45) is 2.20. The molecule has 1 aliphatic heterocycles. The Morgan fingerprint density at radius 1 is 1.20 bits per heavy atom. The van der Waals surface area contributed by atoms with Gasteiger partial charge in [0.25, 0.3) is 5.91 Å². The predicted octanol–water partition coefficient (Wildman–Crippen LogP) is 2.46. The summed E-state index contributed by atoms with van der Waals surface area (Å²) in [5.74, 6) is -0.891. The second-order valence-electron chi connectivity index (χ2n) is 4.51. The molecule has 106 valence electrons. The molecule has 1 heterocycles. The van der Waals surface area contributed by atoms with Crippen molar-refractivity contribution in [3.8, 4) is 0 Å². The molecule has 0 radical (unpaired) electrons. The molecule has 1 N–H and O–H groups in total. The van der Waals surface area contributed by atoms with Gasteiger partial charge >= 0.3 is 10.1 Å². The predicted molar refractivity (Wildman–Crippen MR) is 76.9 cm³/mol. The van der Waals surface area contributed by atoms with E-state index in [-0.39, 0.29) is 5.57 Å². The summed E-state index contributed by atoms with van der Waals surface area (Å²) in [5, 5.41) is 0. The molecule has 0 saturated heterocycles. The zero-order valence-electron chi connectivity index (χ0n) is 11.0. The van der Waals surface area contributed by atoms with E-state index in [4.69, 9.17) is 0 Å². The third kappa shape index (κ3) is 2.86. The van der Waals surface area contributed by atoms with Crippen LogP contribution in [0.2, 0.25) is 0 Å². The van der Waals surface area contributed by atoms with E-state index >= 15 is 0 Å². The van der Waals surface area contributed by atoms with Crippen molar-refractivity contribution in [3.05, 3.63) is 40.8 Å². The molecule has 6 heteroatoms. The van der Waals surface area contributed by atoms with Crippen molar-refractivity contribution in [1.29, 1.82) is 0 Å². The van der Waals surface area contributed by atoms with Crippen molar-refractivity contribution in [2.45, 2.75) is 26.2 Å². The van der Waals surface area contributed by atoms with Gasteiger partial charge in [0.1, 0.15) is 0 Å². The van der Waals surface area contributed by atoms with Gasteiger partial charge in [0, 0.05) is 5.57 Å². The highest BCUT2D eigenvalue weighted by atomic mass is 32.2. The maximum atomic E-state index is 11.8. The summed E-state index contributed by atoms with van der Waals surface area (Å²) < 4.78 is 32.2. The first-order valence-electron chi connectivity index (χ1n) is 6.34. The Kier molecular flexibility index (Phi) is 4.15. The summed E-state index contributed by atoms with van der Waals surface area (Å²) in [7, 11) is -4.59. The van der Waals surface area contributed by atoms with Crippen molar-refractivity contribution >= 4 is 27.3 Å². The van der Waals surface area contributed by atoms with Gasteiger partial charge in [0.15, 0.2) is 4.91 Å². The number of allylic oxidation sites excluding steroid dienone is 1. The molecule has 0 spiro atoms. The van der Waals surface area contributed by atoms with Crippen LogP contribution in [0.25, 0.3) is 5.57 Å². The average molecular weight is 293 g/mol. The van der Waals surface area contributed by atoms with Crippen LogP contribution in [0.1, 0.15) is 31.7 Å². The maximum absolute atomic E-state index is 11.8. The SMILES string of the molecule is CCCCC1=NC(=O)C(S(=O)(=O)O)=C1c1ccccc1. The van der Waals surface area contributed by atoms with Gasteiger partial charge in [-0.25, -0.2) is 4.99 Å². The number of aliphatic imine (C=N–C) groups is 1. The topological polar surface area (TPSA) is 83.8 Å². The molecule has 0 bridgehead atoms. The number of benzene rings is 1. The molecule has 1 amide bonds. The number of carbonyl (C=O) groups excluding carboxylic acids is 1. The zero-order chi connectivity index (χ0) is 14.8. The Bertz CT molecular complexity index is 687. The fourth-order valence-electron chi connectivity index (χ4n) is 2.13. The van der Waals surface area contributed by atoms with Gasteiger partial charge in [-0.15, -0.1) is 0 Å². The van der Waals surface area contributed by atoms with Crippen LogP contribution in [0, 0.1) is 0 Å². The molecule has 1 aromatic carbocycles. The molecular weight excluding hydrogens is 278 g/mol. The molecule has 0 unspecified atom stereocenters. The first-order valence-corrected chi connectivity index (χ1v) is 7.78. The van der Waals surface area contributed by atoms with Crippen LogP contribution in [0.15, 0.2) is 40.2 Å². The minimum Gasteiger partial charge on any atom is -0.282 e. The smallest absolute Gasteiger partial charge is 0.282 e. The van der Waals surface area contributed by atoms with Gasteiger partial charge in [0.05, 0.1) is 5.71 Å². The molecule has 0 atom stereocenters. The molecular formula is C14H15NO4S. The third-order valence-electron chi connectivity index (χ3n) is 3.03. The number of unbranched alkanes of at least 4 members (excludes halogenated alkanes) is 1. The Morgan fingerprint density at radius 2 is 1.85 bits per heavy atom. The van der Waals surface area contributed by atoms with Crippen molar-refractivity contribution in [3.63, 3.8) is 0 Å². The van der Waals surface area contributed by atoms with Gasteiger partial charge in [-0.05, 0) is 18.4 Å². The van der Waals surface area contributed by atoms with Crippen molar-refractivity contribution in [2.75, 3.05) is 0 Å². The van der Waals surface area contributed by atoms with Crippen LogP contribution in [0.4, 0.5) is 0 Å². The van der Waals surface area contributed by atoms with E-state index in [1.807, 2.05) is 6.92 Å². The standard InChI is InChI=1S/C14H15NO4S/c1-2-3-9-11-12(10-7-5-4-6-8-10)13(14(16)15-11)20(17,18)19/h4-8H,2-3,9H2,1H3,(H,17,18,19). The molecule has 0 fully saturated rings. The quantitative estimate of drug-likeness (QED) is 0.845. The molecule has 0 aromatic heterocycles. The number of hydrogen-bond acceptors (Lipinski definition) is 3. The third-order valence-corrected chi connectivity index (χ3v) is 3.93. The minimum absolute atomic E-state index is 0.228. The molecule has 0 aliphatic carbocycles. The molecule has 5 nitrogen and oxygen atoms in total. The molecule has 2 rings (SSSR count). The number of hydrogen-bond donors (Lipinski definition) is 1. The maximum Gasteiger partial charge on any atom is 0.300 e. The van der Waals surface area contributed by atoms with Crippen LogP contribution in [-0.2, 0) is 14.9 Å². The van der Waals surface area contributed by atoms with E-state index in [1.54, 1.807) is 30.3 Å². The lowest BCUT2D eigenvalue weighted by Gasteiger charge is -2.07. The van der Waals surface area contributed by atoms with Crippen LogP contribution in [0.3, 0.4) is 0 Å². The average Bonchev–Trinajstić information content (AvgIpc) is 2.74. The number of amides is 1. The van der Waals surface area contributed by atoms with Gasteiger partial charge in [-0.2, -0.15) is 8.42 Å². The van der Waals surface area contributed by atoms with Crippen LogP contribution in [0.5, 0.6) is 0 Å². The number of nitrogens with zero attached hydrogens (tertiary/aromatic N) is 1. The second-order valence-corrected chi connectivity index (χ2v) is 5.87.